The van der Waals surface area contributed by atoms with Gasteiger partial charge in [-0.3, -0.25) is 24.0 Å². The second-order valence-electron chi connectivity index (χ2n) is 18.2. The number of carbonyl (C=O) groups excluding carboxylic acids is 3. The molecule has 0 radical (unpaired) electrons. The first-order chi connectivity index (χ1) is 29.2. The van der Waals surface area contributed by atoms with E-state index in [0.717, 1.165) is 5.56 Å². The third-order valence-electron chi connectivity index (χ3n) is 13.0. The molecule has 0 bridgehead atoms. The van der Waals surface area contributed by atoms with Crippen molar-refractivity contribution in [2.45, 2.75) is 154 Å². The number of nitrogens with one attached hydrogen (secondary N) is 1. The Labute approximate surface area is 365 Å². The highest BCUT2D eigenvalue weighted by Crippen LogP contribution is 2.40. The number of aliphatic carboxylic acids is 1. The maximum absolute atomic E-state index is 14.6. The monoisotopic (exact) mass is 872 g/mol. The van der Waals surface area contributed by atoms with Crippen molar-refractivity contribution in [1.29, 1.82) is 0 Å². The predicted molar refractivity (Wildman–Crippen MR) is 229 cm³/mol. The van der Waals surface area contributed by atoms with E-state index < -0.39 is 90.0 Å². The first-order valence-corrected chi connectivity index (χ1v) is 21.9. The van der Waals surface area contributed by atoms with Crippen LogP contribution in [0.2, 0.25) is 0 Å². The summed E-state index contributed by atoms with van der Waals surface area (Å²) in [6, 6.07) is 6.07. The highest BCUT2D eigenvalue weighted by atomic mass is 16.7. The first-order valence-electron chi connectivity index (χ1n) is 21.9. The first kappa shape index (κ1) is 48.8. The van der Waals surface area contributed by atoms with Crippen LogP contribution in [0.25, 0.3) is 11.3 Å². The number of benzene rings is 1. The van der Waals surface area contributed by atoms with E-state index in [-0.39, 0.29) is 24.5 Å². The van der Waals surface area contributed by atoms with E-state index in [1.165, 1.54) is 7.11 Å². The quantitative estimate of drug-likeness (QED) is 0.0973. The zero-order valence-electron chi connectivity index (χ0n) is 38.0. The van der Waals surface area contributed by atoms with Gasteiger partial charge in [-0.05, 0) is 98.5 Å². The van der Waals surface area contributed by atoms with E-state index in [2.05, 4.69) is 15.6 Å². The number of carbonyl (C=O) groups is 4. The molecule has 3 aliphatic heterocycles. The van der Waals surface area contributed by atoms with Crippen molar-refractivity contribution >= 4 is 29.5 Å². The molecule has 3 unspecified atom stereocenters. The number of nitrogens with two attached hydrogens (primary N) is 1. The van der Waals surface area contributed by atoms with Gasteiger partial charge in [-0.25, -0.2) is 4.79 Å². The molecule has 18 heteroatoms. The van der Waals surface area contributed by atoms with E-state index in [1.807, 2.05) is 64.2 Å². The average molecular weight is 872 g/mol. The lowest BCUT2D eigenvalue weighted by atomic mass is 9.77. The number of hydrogen-bond acceptors (Lipinski definition) is 15. The van der Waals surface area contributed by atoms with Gasteiger partial charge in [0, 0.05) is 49.5 Å². The van der Waals surface area contributed by atoms with E-state index in [0.29, 0.717) is 56.7 Å². The maximum Gasteiger partial charge on any atom is 0.410 e. The second-order valence-corrected chi connectivity index (χ2v) is 18.2. The zero-order chi connectivity index (χ0) is 45.7. The summed E-state index contributed by atoms with van der Waals surface area (Å²) < 4.78 is 33.0. The van der Waals surface area contributed by atoms with Gasteiger partial charge in [-0.2, -0.15) is 0 Å². The Balaban J connectivity index is 1.43. The fourth-order valence-corrected chi connectivity index (χ4v) is 9.71. The maximum atomic E-state index is 14.6. The SMILES string of the molecule is CC[C@H]1OC(=O)[C@H](CC(=O)O)C(=O)[C@H](C)[C@@H](O[C@@H]2OC(C)CC(N(C)C)C2O)[C@](C)(OC)C[C@@H](C)CN[C@H](C)[C@H]2N(CCCCn3cc(-c4cccc(N)c4)nn3)C(=O)O[C@]12C. The zero-order valence-corrected chi connectivity index (χ0v) is 38.0. The number of likely N-dealkylation sites (N-methyl/N-ethyl adjacent to an activating group) is 1. The second kappa shape index (κ2) is 20.5. The lowest BCUT2D eigenvalue weighted by Crippen LogP contribution is -2.61. The molecule has 18 nitrogen and oxygen atoms in total. The number of carboxylic acids is 1. The van der Waals surface area contributed by atoms with Crippen molar-refractivity contribution < 1.29 is 53.1 Å². The number of rotatable bonds is 13. The van der Waals surface area contributed by atoms with E-state index in [4.69, 9.17) is 29.4 Å². The molecular weight excluding hydrogens is 803 g/mol. The van der Waals surface area contributed by atoms with Gasteiger partial charge in [0.15, 0.2) is 17.7 Å². The number of anilines is 1. The van der Waals surface area contributed by atoms with Crippen molar-refractivity contribution in [2.75, 3.05) is 40.0 Å². The average Bonchev–Trinajstić information content (AvgIpc) is 3.80. The normalized spacial score (nSPS) is 35.2. The molecule has 346 valence electrons. The number of ether oxygens (including phenoxy) is 5. The van der Waals surface area contributed by atoms with Crippen molar-refractivity contribution in [1.82, 2.24) is 30.1 Å². The highest BCUT2D eigenvalue weighted by molar-refractivity contribution is 6.02. The summed E-state index contributed by atoms with van der Waals surface area (Å²) in [6.07, 6.45) is -1.92. The number of nitrogen functional groups attached to an aromatic ring is 1. The van der Waals surface area contributed by atoms with Crippen molar-refractivity contribution in [3.05, 3.63) is 30.5 Å². The van der Waals surface area contributed by atoms with Crippen LogP contribution >= 0.6 is 0 Å². The van der Waals surface area contributed by atoms with E-state index in [9.17, 15) is 29.4 Å². The summed E-state index contributed by atoms with van der Waals surface area (Å²) in [5.74, 6) is -6.13. The molecule has 3 aliphatic rings. The van der Waals surface area contributed by atoms with Crippen LogP contribution in [0, 0.1) is 17.8 Å². The van der Waals surface area contributed by atoms with Crippen LogP contribution in [0.1, 0.15) is 87.0 Å². The number of unbranched alkanes of at least 4 members (excludes halogenated alkanes) is 1. The molecule has 5 rings (SSSR count). The van der Waals surface area contributed by atoms with Gasteiger partial charge in [0.2, 0.25) is 0 Å². The molecule has 3 fully saturated rings. The summed E-state index contributed by atoms with van der Waals surface area (Å²) in [5, 5.41) is 33.7. The molecule has 0 spiro atoms. The van der Waals surface area contributed by atoms with Gasteiger partial charge in [-0.15, -0.1) is 5.10 Å². The van der Waals surface area contributed by atoms with Gasteiger partial charge >= 0.3 is 18.0 Å². The summed E-state index contributed by atoms with van der Waals surface area (Å²) in [7, 11) is 5.22. The van der Waals surface area contributed by atoms with E-state index in [1.54, 1.807) is 43.3 Å². The molecular formula is C44H69N7O11. The lowest BCUT2D eigenvalue weighted by molar-refractivity contribution is -0.295. The Hall–Kier alpha value is -4.20. The topological polar surface area (TPSA) is 230 Å². The van der Waals surface area contributed by atoms with Gasteiger partial charge in [0.05, 0.1) is 36.5 Å². The number of Topliss-reactive ketones (excluding diaryl/α,β-unsaturated/α-hetero) is 1. The number of aliphatic hydroxyl groups is 1. The predicted octanol–water partition coefficient (Wildman–Crippen LogP) is 3.74. The largest absolute Gasteiger partial charge is 0.481 e. The number of cyclic esters (lactones) is 1. The number of carboxylic acid groups (broad SMARTS) is 1. The number of aliphatic hydroxyl groups excluding tert-OH is 1. The summed E-state index contributed by atoms with van der Waals surface area (Å²) in [5.41, 5.74) is 5.55. The van der Waals surface area contributed by atoms with Crippen LogP contribution in [0.15, 0.2) is 30.5 Å². The standard InChI is InChI=1S/C44H69N7O11/c1-11-34-44(7)38(51(42(57)62-44)18-13-12-17-50-24-32(47-48-50)29-15-14-16-30(45)20-29)28(5)46-23-25(2)22-43(6,58-10)39(27(4)36(54)31(21-35(52)53)40(56)60-34)61-41-37(55)33(49(8)9)19-26(3)59-41/h14-16,20,24-28,31,33-34,37-39,41,46,55H,11-13,17-19,21-23,45H2,1-10H3,(H,52,53)/t25-,26?,27+,28-,31-,33?,34-,37?,38-,39-,41+,43-,44-/m1/s1. The van der Waals surface area contributed by atoms with Crippen molar-refractivity contribution in [3.63, 3.8) is 0 Å². The number of fused-ring (bicyclic) bond motifs is 1. The molecule has 2 aromatic rings. The Kier molecular flexibility index (Phi) is 16.2. The minimum Gasteiger partial charge on any atom is -0.481 e. The number of nitrogens with zero attached hydrogens (tertiary/aromatic N) is 5. The summed E-state index contributed by atoms with van der Waals surface area (Å²) in [4.78, 5) is 58.7. The van der Waals surface area contributed by atoms with Gasteiger partial charge in [0.1, 0.15) is 23.8 Å². The molecule has 1 aromatic heterocycles. The third kappa shape index (κ3) is 10.9. The minimum atomic E-state index is -1.74. The van der Waals surface area contributed by atoms with Gasteiger partial charge in [0.25, 0.3) is 0 Å². The summed E-state index contributed by atoms with van der Waals surface area (Å²) >= 11 is 0. The highest BCUT2D eigenvalue weighted by Gasteiger charge is 2.59. The van der Waals surface area contributed by atoms with Crippen LogP contribution < -0.4 is 11.1 Å². The molecule has 4 heterocycles. The van der Waals surface area contributed by atoms with Crippen LogP contribution in [0.3, 0.4) is 0 Å². The molecule has 0 saturated carbocycles. The Morgan fingerprint density at radius 2 is 1.82 bits per heavy atom. The number of aromatic nitrogens is 3. The van der Waals surface area contributed by atoms with Crippen LogP contribution in [0.4, 0.5) is 10.5 Å². The Bertz CT molecular complexity index is 1860. The van der Waals surface area contributed by atoms with Crippen molar-refractivity contribution in [2.24, 2.45) is 17.8 Å². The molecule has 62 heavy (non-hydrogen) atoms. The number of ketones is 1. The van der Waals surface area contributed by atoms with Crippen LogP contribution in [0.5, 0.6) is 0 Å². The van der Waals surface area contributed by atoms with Crippen LogP contribution in [-0.4, -0.2) is 153 Å². The van der Waals surface area contributed by atoms with Gasteiger partial charge < -0.3 is 49.8 Å². The number of hydrogen-bond donors (Lipinski definition) is 4. The third-order valence-corrected chi connectivity index (χ3v) is 13.0. The lowest BCUT2D eigenvalue weighted by Gasteiger charge is -2.46. The summed E-state index contributed by atoms with van der Waals surface area (Å²) in [6.45, 7) is 14.1. The number of amides is 1. The molecule has 13 atom stereocenters. The van der Waals surface area contributed by atoms with Gasteiger partial charge in [-0.1, -0.05) is 38.1 Å². The number of esters is 1. The number of aryl methyl sites for hydroxylation is 1. The van der Waals surface area contributed by atoms with E-state index >= 15 is 0 Å². The molecule has 5 N–H and O–H groups in total. The molecule has 0 aliphatic carbocycles. The smallest absolute Gasteiger partial charge is 0.410 e. The van der Waals surface area contributed by atoms with Crippen LogP contribution in [-0.2, 0) is 44.6 Å². The van der Waals surface area contributed by atoms with Crippen molar-refractivity contribution in [3.8, 4) is 11.3 Å². The fraction of sp³-hybridized carbons (Fsp3) is 0.727. The Morgan fingerprint density at radius 3 is 2.47 bits per heavy atom. The Morgan fingerprint density at radius 1 is 1.11 bits per heavy atom. The molecule has 1 aromatic carbocycles. The fourth-order valence-electron chi connectivity index (χ4n) is 9.71. The molecule has 3 saturated heterocycles. The number of methoxy groups -OCH3 is 1. The molecule has 1 amide bonds. The minimum absolute atomic E-state index is 0.112.